The van der Waals surface area contributed by atoms with Crippen molar-refractivity contribution in [1.82, 2.24) is 24.4 Å². The Kier molecular flexibility index (Phi) is 3.69. The third-order valence-electron chi connectivity index (χ3n) is 5.25. The first-order valence-corrected chi connectivity index (χ1v) is 11.0. The molecule has 1 amide bonds. The lowest BCUT2D eigenvalue weighted by Crippen LogP contribution is -2.44. The van der Waals surface area contributed by atoms with Crippen LogP contribution in [0.5, 0.6) is 0 Å². The zero-order chi connectivity index (χ0) is 41.5. The first-order chi connectivity index (χ1) is 24.9. The number of imidazole rings is 1. The van der Waals surface area contributed by atoms with Crippen LogP contribution in [0.25, 0.3) is 5.65 Å². The lowest BCUT2D eigenvalue weighted by atomic mass is 10.0. The summed E-state index contributed by atoms with van der Waals surface area (Å²) >= 11 is 0. The van der Waals surface area contributed by atoms with Crippen LogP contribution in [-0.2, 0) is 12.7 Å². The Bertz CT molecular complexity index is 2200. The molecule has 0 bridgehead atoms. The van der Waals surface area contributed by atoms with Crippen molar-refractivity contribution in [3.05, 3.63) is 94.4 Å². The minimum Gasteiger partial charge on any atom is -0.322 e. The number of hydrogen-bond acceptors (Lipinski definition) is 5. The number of nitrogens with zero attached hydrogens (tertiary/aromatic N) is 5. The van der Waals surface area contributed by atoms with E-state index in [-0.39, 0.29) is 28.5 Å². The lowest BCUT2D eigenvalue weighted by molar-refractivity contribution is -0.138. The Labute approximate surface area is 246 Å². The summed E-state index contributed by atoms with van der Waals surface area (Å²) in [6.45, 7) is -27.1. The van der Waals surface area contributed by atoms with Gasteiger partial charge in [-0.3, -0.25) is 9.69 Å². The largest absolute Gasteiger partial charge is 0.416 e. The van der Waals surface area contributed by atoms with Crippen molar-refractivity contribution < 1.29 is 39.9 Å². The van der Waals surface area contributed by atoms with E-state index in [2.05, 4.69) is 27.2 Å². The molecule has 3 heterocycles. The summed E-state index contributed by atoms with van der Waals surface area (Å²) in [6, 6.07) is 7.82. The van der Waals surface area contributed by atoms with Crippen LogP contribution in [0.3, 0.4) is 0 Å². The Morgan fingerprint density at radius 1 is 1.15 bits per heavy atom. The fourth-order valence-electron chi connectivity index (χ4n) is 3.42. The van der Waals surface area contributed by atoms with Crippen molar-refractivity contribution in [2.45, 2.75) is 19.5 Å². The van der Waals surface area contributed by atoms with Crippen molar-refractivity contribution in [2.24, 2.45) is 0 Å². The number of carbonyl (C=O) groups is 1. The number of amides is 1. The lowest BCUT2D eigenvalue weighted by Gasteiger charge is -2.33. The molecule has 0 aliphatic carbocycles. The molecule has 1 N–H and O–H groups in total. The van der Waals surface area contributed by atoms with Crippen LogP contribution in [0.15, 0.2) is 60.9 Å². The zero-order valence-corrected chi connectivity index (χ0v) is 19.6. The second-order valence-electron chi connectivity index (χ2n) is 7.89. The molecule has 1 saturated heterocycles. The van der Waals surface area contributed by atoms with Crippen molar-refractivity contribution in [3.8, 4) is 11.8 Å². The van der Waals surface area contributed by atoms with Gasteiger partial charge in [-0.05, 0) is 67.3 Å². The van der Waals surface area contributed by atoms with Crippen LogP contribution in [0.2, 0.25) is 0 Å². The zero-order valence-electron chi connectivity index (χ0n) is 35.6. The topological polar surface area (TPSA) is 65.8 Å². The summed E-state index contributed by atoms with van der Waals surface area (Å²) in [5, 5.41) is 6.27. The van der Waals surface area contributed by atoms with E-state index in [1.165, 1.54) is 16.9 Å². The van der Waals surface area contributed by atoms with Crippen molar-refractivity contribution in [1.29, 1.82) is 0 Å². The molecule has 4 aromatic rings. The highest BCUT2D eigenvalue weighted by molar-refractivity contribution is 6.04. The normalized spacial score (nSPS) is 26.9. The summed E-state index contributed by atoms with van der Waals surface area (Å²) in [4.78, 5) is 16.0. The summed E-state index contributed by atoms with van der Waals surface area (Å²) < 4.78 is 175. The molecule has 1 aliphatic heterocycles. The molecule has 1 fully saturated rings. The highest BCUT2D eigenvalue weighted by atomic mass is 19.4. The van der Waals surface area contributed by atoms with E-state index in [9.17, 15) is 18.0 Å². The molecule has 0 saturated carbocycles. The van der Waals surface area contributed by atoms with Gasteiger partial charge in [-0.1, -0.05) is 18.1 Å². The second-order valence-corrected chi connectivity index (χ2v) is 7.89. The van der Waals surface area contributed by atoms with Crippen molar-refractivity contribution in [2.75, 3.05) is 38.3 Å². The van der Waals surface area contributed by atoms with Gasteiger partial charge in [-0.25, -0.2) is 9.50 Å². The number of benzene rings is 2. The predicted octanol–water partition coefficient (Wildman–Crippen LogP) is 4.46. The molecule has 5 rings (SSSR count). The van der Waals surface area contributed by atoms with E-state index >= 15 is 0 Å². The van der Waals surface area contributed by atoms with Gasteiger partial charge in [-0.15, -0.1) is 0 Å². The highest BCUT2D eigenvalue weighted by Crippen LogP contribution is 2.34. The van der Waals surface area contributed by atoms with Crippen LogP contribution in [-0.4, -0.2) is 63.3 Å². The van der Waals surface area contributed by atoms with Gasteiger partial charge in [0.05, 0.1) is 11.8 Å². The molecule has 200 valence electrons. The minimum absolute atomic E-state index is 0.153. The molecular formula is C29H27F3N6O. The van der Waals surface area contributed by atoms with Gasteiger partial charge in [0.1, 0.15) is 5.69 Å². The third-order valence-corrected chi connectivity index (χ3v) is 5.25. The van der Waals surface area contributed by atoms with Gasteiger partial charge in [0.15, 0.2) is 5.65 Å². The smallest absolute Gasteiger partial charge is 0.322 e. The van der Waals surface area contributed by atoms with Gasteiger partial charge < -0.3 is 10.2 Å². The van der Waals surface area contributed by atoms with Gasteiger partial charge >= 0.3 is 6.18 Å². The van der Waals surface area contributed by atoms with E-state index in [0.29, 0.717) is 11.7 Å². The number of halogens is 3. The molecule has 2 aromatic heterocycles. The van der Waals surface area contributed by atoms with Crippen LogP contribution >= 0.6 is 0 Å². The predicted molar refractivity (Wildman–Crippen MR) is 142 cm³/mol. The number of hydrogen-bond donors (Lipinski definition) is 1. The summed E-state index contributed by atoms with van der Waals surface area (Å²) in [5.41, 5.74) is -4.10. The number of rotatable bonds is 4. The Balaban J connectivity index is 1.55. The van der Waals surface area contributed by atoms with E-state index in [1.807, 2.05) is 0 Å². The molecule has 0 unspecified atom stereocenters. The second kappa shape index (κ2) is 10.9. The maximum Gasteiger partial charge on any atom is 0.416 e. The summed E-state index contributed by atoms with van der Waals surface area (Å²) in [6.07, 6.45) is -2.68. The van der Waals surface area contributed by atoms with E-state index in [4.69, 9.17) is 21.9 Å². The monoisotopic (exact) mass is 548 g/mol. The molecular weight excluding hydrogens is 505 g/mol. The van der Waals surface area contributed by atoms with Crippen LogP contribution in [0, 0.1) is 18.7 Å². The Morgan fingerprint density at radius 3 is 2.77 bits per heavy atom. The minimum atomic E-state index is -5.52. The quantitative estimate of drug-likeness (QED) is 0.382. The molecule has 7 nitrogen and oxygen atoms in total. The number of likely N-dealkylation sites (N-methyl/N-ethyl adjacent to an activating group) is 1. The first-order valence-electron chi connectivity index (χ1n) is 19.0. The number of aromatic nitrogens is 3. The van der Waals surface area contributed by atoms with Gasteiger partial charge in [-0.2, -0.15) is 18.3 Å². The maximum absolute atomic E-state index is 14.6. The van der Waals surface area contributed by atoms with Crippen LogP contribution < -0.4 is 5.32 Å². The Hall–Kier alpha value is -4.20. The number of alkyl halides is 3. The van der Waals surface area contributed by atoms with Crippen molar-refractivity contribution >= 4 is 17.2 Å². The number of anilines is 1. The summed E-state index contributed by atoms with van der Waals surface area (Å²) in [7, 11) is 0. The van der Waals surface area contributed by atoms with Gasteiger partial charge in [0, 0.05) is 77.4 Å². The average Bonchev–Trinajstić information content (AvgIpc) is 3.43. The molecule has 0 radical (unpaired) electrons. The third kappa shape index (κ3) is 6.11. The fourth-order valence-corrected chi connectivity index (χ4v) is 3.42. The molecule has 1 aliphatic rings. The van der Waals surface area contributed by atoms with Crippen LogP contribution in [0.1, 0.15) is 60.2 Å². The standard InChI is InChI=1S/C29H27F3N6O/c1-20-5-6-22(16-21(20)8-10-25-18-33-27-4-3-11-34-38(25)27)28(39)35-24-9-7-23(26(17-24)29(30,31)32)19-37-14-12-36(2)13-15-37/h3-7,9,11,16-18H,12-15,19H2,1-2H3,(H,35,39)/i1D3,2D3,12D2,13D2,14D2,15D2,19D2. The fraction of sp³-hybridized carbons (Fsp3) is 0.276. The van der Waals surface area contributed by atoms with Gasteiger partial charge in [0.25, 0.3) is 5.91 Å². The first kappa shape index (κ1) is 13.2. The van der Waals surface area contributed by atoms with E-state index in [0.717, 1.165) is 24.3 Å². The number of aryl methyl sites for hydroxylation is 1. The molecule has 39 heavy (non-hydrogen) atoms. The average molecular weight is 549 g/mol. The molecule has 0 atom stereocenters. The van der Waals surface area contributed by atoms with E-state index < -0.39 is 85.0 Å². The molecule has 2 aromatic carbocycles. The number of piperazine rings is 1. The molecule has 10 heteroatoms. The summed E-state index contributed by atoms with van der Waals surface area (Å²) in [5.74, 6) is 4.30. The Morgan fingerprint density at radius 2 is 2.00 bits per heavy atom. The van der Waals surface area contributed by atoms with E-state index in [1.54, 1.807) is 12.1 Å². The number of carbonyl (C=O) groups excluding carboxylic acids is 1. The number of fused-ring (bicyclic) bond motifs is 1. The maximum atomic E-state index is 14.6. The highest BCUT2D eigenvalue weighted by Gasteiger charge is 2.34. The SMILES string of the molecule is [2H]C([2H])([2H])c1ccc(C(=O)Nc2ccc(C([2H])([2H])N3C([2H])([2H])C([2H])([2H])N(C([2H])([2H])[2H])C([2H])([2H])C3([2H])[2H])c(C(F)(F)F)c2)cc1C#Cc1cnc2cccnn12. The van der Waals surface area contributed by atoms with Gasteiger partial charge in [0.2, 0.25) is 0 Å². The van der Waals surface area contributed by atoms with Crippen molar-refractivity contribution in [3.63, 3.8) is 0 Å². The van der Waals surface area contributed by atoms with Crippen LogP contribution in [0.4, 0.5) is 18.9 Å². The molecule has 0 spiro atoms. The number of nitrogens with one attached hydrogen (secondary N) is 1.